The Morgan fingerprint density at radius 2 is 1.71 bits per heavy atom. The largest absolute Gasteiger partial charge is 0.252 e. The molecule has 1 aliphatic heterocycles. The molecule has 1 unspecified atom stereocenters. The summed E-state index contributed by atoms with van der Waals surface area (Å²) in [7, 11) is 0. The van der Waals surface area contributed by atoms with Crippen LogP contribution < -0.4 is 4.72 Å². The Hall–Kier alpha value is -0.470. The molecular weight excluding hydrogens is 226 g/mol. The Kier molecular flexibility index (Phi) is 3.07. The lowest BCUT2D eigenvalue weighted by Crippen LogP contribution is -2.24. The van der Waals surface area contributed by atoms with Crippen LogP contribution in [0.4, 0.5) is 0 Å². The first kappa shape index (κ1) is 13.0. The fourth-order valence-corrected chi connectivity index (χ4v) is 3.37. The van der Waals surface area contributed by atoms with Crippen molar-refractivity contribution in [3.8, 4) is 0 Å². The van der Waals surface area contributed by atoms with E-state index in [1.165, 1.54) is 16.0 Å². The van der Waals surface area contributed by atoms with Gasteiger partial charge in [-0.25, -0.2) is 0 Å². The number of fused-ring (bicyclic) bond motifs is 1. The van der Waals surface area contributed by atoms with Crippen molar-refractivity contribution < 1.29 is 0 Å². The van der Waals surface area contributed by atoms with E-state index in [0.717, 1.165) is 0 Å². The van der Waals surface area contributed by atoms with E-state index in [4.69, 9.17) is 0 Å². The molecule has 0 fully saturated rings. The smallest absolute Gasteiger partial charge is 0.0484 e. The van der Waals surface area contributed by atoms with Crippen LogP contribution in [0, 0.1) is 5.41 Å². The Labute approximate surface area is 110 Å². The van der Waals surface area contributed by atoms with Gasteiger partial charge in [-0.05, 0) is 40.0 Å². The first-order valence-electron chi connectivity index (χ1n) is 6.26. The van der Waals surface area contributed by atoms with Crippen LogP contribution in [0.5, 0.6) is 0 Å². The second-order valence-electron chi connectivity index (χ2n) is 7.02. The average Bonchev–Trinajstić information content (AvgIpc) is 2.57. The van der Waals surface area contributed by atoms with Crippen molar-refractivity contribution in [1.82, 2.24) is 4.72 Å². The quantitative estimate of drug-likeness (QED) is 0.670. The summed E-state index contributed by atoms with van der Waals surface area (Å²) in [6.07, 6.45) is 0. The Balaban J connectivity index is 2.39. The third kappa shape index (κ3) is 2.53. The van der Waals surface area contributed by atoms with Crippen molar-refractivity contribution in [3.63, 3.8) is 0 Å². The van der Waals surface area contributed by atoms with Crippen LogP contribution in [-0.4, -0.2) is 0 Å². The second kappa shape index (κ2) is 4.03. The van der Waals surface area contributed by atoms with Gasteiger partial charge in [0, 0.05) is 10.9 Å². The van der Waals surface area contributed by atoms with Crippen molar-refractivity contribution in [2.45, 2.75) is 57.9 Å². The summed E-state index contributed by atoms with van der Waals surface area (Å²) < 4.78 is 3.56. The third-order valence-corrected chi connectivity index (χ3v) is 4.27. The molecule has 94 valence electrons. The van der Waals surface area contributed by atoms with Gasteiger partial charge >= 0.3 is 0 Å². The maximum Gasteiger partial charge on any atom is 0.0484 e. The molecule has 2 rings (SSSR count). The summed E-state index contributed by atoms with van der Waals surface area (Å²) in [5, 5.41) is 0. The highest BCUT2D eigenvalue weighted by atomic mass is 32.2. The van der Waals surface area contributed by atoms with Gasteiger partial charge in [-0.15, -0.1) is 0 Å². The van der Waals surface area contributed by atoms with Gasteiger partial charge in [0.15, 0.2) is 0 Å². The number of nitrogens with one attached hydrogen (secondary N) is 1. The monoisotopic (exact) mass is 249 g/mol. The summed E-state index contributed by atoms with van der Waals surface area (Å²) in [4.78, 5) is 1.40. The number of rotatable bonds is 0. The molecule has 0 spiro atoms. The highest BCUT2D eigenvalue weighted by molar-refractivity contribution is 7.97. The van der Waals surface area contributed by atoms with Gasteiger partial charge in [0.1, 0.15) is 0 Å². The lowest BCUT2D eigenvalue weighted by molar-refractivity contribution is 0.313. The van der Waals surface area contributed by atoms with Crippen molar-refractivity contribution in [2.24, 2.45) is 5.41 Å². The normalized spacial score (nSPS) is 20.5. The Bertz CT molecular complexity index is 424. The minimum Gasteiger partial charge on any atom is -0.252 e. The molecule has 2 heteroatoms. The molecular formula is C15H23NS. The molecule has 0 aliphatic carbocycles. The Morgan fingerprint density at radius 1 is 1.06 bits per heavy atom. The summed E-state index contributed by atoms with van der Waals surface area (Å²) in [6.45, 7) is 13.7. The van der Waals surface area contributed by atoms with Gasteiger partial charge in [0.2, 0.25) is 0 Å². The topological polar surface area (TPSA) is 12.0 Å². The zero-order valence-electron chi connectivity index (χ0n) is 11.7. The molecule has 1 atom stereocenters. The molecule has 0 saturated carbocycles. The molecule has 0 radical (unpaired) electrons. The molecule has 1 aliphatic rings. The predicted molar refractivity (Wildman–Crippen MR) is 76.3 cm³/mol. The van der Waals surface area contributed by atoms with Gasteiger partial charge in [-0.1, -0.05) is 53.7 Å². The Morgan fingerprint density at radius 3 is 2.24 bits per heavy atom. The predicted octanol–water partition coefficient (Wildman–Crippen LogP) is 4.68. The van der Waals surface area contributed by atoms with E-state index < -0.39 is 0 Å². The zero-order chi connectivity index (χ0) is 12.8. The van der Waals surface area contributed by atoms with E-state index in [-0.39, 0.29) is 10.8 Å². The lowest BCUT2D eigenvalue weighted by Gasteiger charge is -2.27. The van der Waals surface area contributed by atoms with Crippen molar-refractivity contribution in [1.29, 1.82) is 0 Å². The molecule has 1 heterocycles. The summed E-state index contributed by atoms with van der Waals surface area (Å²) in [5.41, 5.74) is 3.37. The average molecular weight is 249 g/mol. The fourth-order valence-electron chi connectivity index (χ4n) is 2.16. The van der Waals surface area contributed by atoms with Crippen molar-refractivity contribution in [3.05, 3.63) is 29.3 Å². The molecule has 0 bridgehead atoms. The third-order valence-electron chi connectivity index (χ3n) is 3.34. The minimum absolute atomic E-state index is 0.232. The summed E-state index contributed by atoms with van der Waals surface area (Å²) >= 11 is 1.78. The molecule has 1 aromatic rings. The second-order valence-corrected chi connectivity index (χ2v) is 7.90. The van der Waals surface area contributed by atoms with Gasteiger partial charge in [-0.3, -0.25) is 4.72 Å². The van der Waals surface area contributed by atoms with Crippen LogP contribution in [0.2, 0.25) is 0 Å². The van der Waals surface area contributed by atoms with Gasteiger partial charge < -0.3 is 0 Å². The van der Waals surface area contributed by atoms with E-state index in [0.29, 0.717) is 6.04 Å². The van der Waals surface area contributed by atoms with Crippen LogP contribution >= 0.6 is 11.9 Å². The lowest BCUT2D eigenvalue weighted by atomic mass is 9.81. The van der Waals surface area contributed by atoms with Crippen LogP contribution in [0.3, 0.4) is 0 Å². The fraction of sp³-hybridized carbons (Fsp3) is 0.600. The number of hydrogen-bond donors (Lipinski definition) is 1. The first-order valence-corrected chi connectivity index (χ1v) is 7.08. The molecule has 0 saturated heterocycles. The minimum atomic E-state index is 0.232. The first-order chi connectivity index (χ1) is 7.69. The van der Waals surface area contributed by atoms with E-state index in [1.807, 2.05) is 0 Å². The summed E-state index contributed by atoms with van der Waals surface area (Å²) in [6, 6.07) is 7.39. The standard InChI is InChI=1S/C15H23NS/c1-14(2,3)10-7-8-11-12(9-10)17-16-13(11)15(4,5)6/h7-9,13,16H,1-6H3. The van der Waals surface area contributed by atoms with E-state index >= 15 is 0 Å². The van der Waals surface area contributed by atoms with Crippen LogP contribution in [-0.2, 0) is 5.41 Å². The van der Waals surface area contributed by atoms with Crippen LogP contribution in [0.25, 0.3) is 0 Å². The van der Waals surface area contributed by atoms with Gasteiger partial charge in [-0.2, -0.15) is 0 Å². The van der Waals surface area contributed by atoms with Crippen molar-refractivity contribution in [2.75, 3.05) is 0 Å². The maximum atomic E-state index is 3.56. The maximum absolute atomic E-state index is 3.56. The molecule has 0 amide bonds. The van der Waals surface area contributed by atoms with Gasteiger partial charge in [0.05, 0.1) is 0 Å². The molecule has 1 nitrogen and oxygen atoms in total. The molecule has 0 aromatic heterocycles. The van der Waals surface area contributed by atoms with E-state index in [1.54, 1.807) is 11.9 Å². The molecule has 17 heavy (non-hydrogen) atoms. The van der Waals surface area contributed by atoms with Crippen LogP contribution in [0.1, 0.15) is 58.7 Å². The SMILES string of the molecule is CC(C)(C)c1ccc2c(c1)SNC2C(C)(C)C. The van der Waals surface area contributed by atoms with E-state index in [2.05, 4.69) is 64.5 Å². The number of benzene rings is 1. The summed E-state index contributed by atoms with van der Waals surface area (Å²) in [5.74, 6) is 0. The number of hydrogen-bond acceptors (Lipinski definition) is 2. The van der Waals surface area contributed by atoms with Crippen molar-refractivity contribution >= 4 is 11.9 Å². The molecule has 1 N–H and O–H groups in total. The highest BCUT2D eigenvalue weighted by Crippen LogP contribution is 2.45. The van der Waals surface area contributed by atoms with E-state index in [9.17, 15) is 0 Å². The highest BCUT2D eigenvalue weighted by Gasteiger charge is 2.33. The van der Waals surface area contributed by atoms with Crippen LogP contribution in [0.15, 0.2) is 23.1 Å². The van der Waals surface area contributed by atoms with Gasteiger partial charge in [0.25, 0.3) is 0 Å². The zero-order valence-corrected chi connectivity index (χ0v) is 12.5. The molecule has 1 aromatic carbocycles.